The maximum atomic E-state index is 12.4. The molecule has 0 bridgehead atoms. The number of carbonyl (C=O) groups excluding carboxylic acids is 1. The standard InChI is InChI=1S/C20H27N3O2/c1-4-25-20(24)18-19(21-15-9-7-5-6-8-10-15)23-17-12-14(3)13(2)11-16(17)22-18/h11-12,15H,4-10H2,1-3H3,(H,21,23). The van der Waals surface area contributed by atoms with Gasteiger partial charge in [0.2, 0.25) is 0 Å². The van der Waals surface area contributed by atoms with Crippen molar-refractivity contribution in [1.82, 2.24) is 9.97 Å². The lowest BCUT2D eigenvalue weighted by atomic mass is 10.1. The SMILES string of the molecule is CCOC(=O)c1nc2cc(C)c(C)cc2nc1NC1CCCCCC1. The number of aryl methyl sites for hydroxylation is 2. The molecule has 0 unspecified atom stereocenters. The number of esters is 1. The largest absolute Gasteiger partial charge is 0.461 e. The van der Waals surface area contributed by atoms with E-state index in [2.05, 4.69) is 17.2 Å². The van der Waals surface area contributed by atoms with Crippen LogP contribution in [0.3, 0.4) is 0 Å². The van der Waals surface area contributed by atoms with E-state index in [1.165, 1.54) is 31.2 Å². The van der Waals surface area contributed by atoms with Crippen molar-refractivity contribution in [3.63, 3.8) is 0 Å². The summed E-state index contributed by atoms with van der Waals surface area (Å²) in [5.74, 6) is 0.146. The highest BCUT2D eigenvalue weighted by molar-refractivity contribution is 5.95. The minimum Gasteiger partial charge on any atom is -0.461 e. The van der Waals surface area contributed by atoms with Crippen molar-refractivity contribution in [2.75, 3.05) is 11.9 Å². The summed E-state index contributed by atoms with van der Waals surface area (Å²) in [6.45, 7) is 6.24. The van der Waals surface area contributed by atoms with E-state index in [0.29, 0.717) is 24.2 Å². The fourth-order valence-electron chi connectivity index (χ4n) is 3.37. The molecule has 1 aliphatic rings. The third-order valence-corrected chi connectivity index (χ3v) is 4.94. The molecule has 0 atom stereocenters. The Bertz CT molecular complexity index is 765. The normalized spacial score (nSPS) is 15.8. The van der Waals surface area contributed by atoms with Crippen LogP contribution in [0.5, 0.6) is 0 Å². The van der Waals surface area contributed by atoms with Crippen LogP contribution in [0.4, 0.5) is 5.82 Å². The number of hydrogen-bond acceptors (Lipinski definition) is 5. The zero-order valence-corrected chi connectivity index (χ0v) is 15.4. The molecule has 5 heteroatoms. The maximum absolute atomic E-state index is 12.4. The van der Waals surface area contributed by atoms with Crippen molar-refractivity contribution in [2.45, 2.75) is 65.3 Å². The fraction of sp³-hybridized carbons (Fsp3) is 0.550. The molecule has 2 aromatic rings. The Labute approximate surface area is 149 Å². The number of hydrogen-bond donors (Lipinski definition) is 1. The maximum Gasteiger partial charge on any atom is 0.360 e. The van der Waals surface area contributed by atoms with Crippen LogP contribution >= 0.6 is 0 Å². The highest BCUT2D eigenvalue weighted by Gasteiger charge is 2.21. The van der Waals surface area contributed by atoms with Gasteiger partial charge in [0.05, 0.1) is 17.6 Å². The van der Waals surface area contributed by atoms with Gasteiger partial charge in [-0.1, -0.05) is 25.7 Å². The molecule has 1 fully saturated rings. The van der Waals surface area contributed by atoms with Crippen molar-refractivity contribution >= 4 is 22.8 Å². The van der Waals surface area contributed by atoms with Crippen LogP contribution in [0.2, 0.25) is 0 Å². The predicted molar refractivity (Wildman–Crippen MR) is 100 cm³/mol. The van der Waals surface area contributed by atoms with E-state index in [-0.39, 0.29) is 0 Å². The highest BCUT2D eigenvalue weighted by Crippen LogP contribution is 2.25. The van der Waals surface area contributed by atoms with Gasteiger partial charge in [0.15, 0.2) is 11.5 Å². The van der Waals surface area contributed by atoms with Gasteiger partial charge in [0.25, 0.3) is 0 Å². The van der Waals surface area contributed by atoms with E-state index in [1.807, 2.05) is 19.1 Å². The average molecular weight is 341 g/mol. The molecule has 1 N–H and O–H groups in total. The number of aromatic nitrogens is 2. The second kappa shape index (κ2) is 7.81. The first-order chi connectivity index (χ1) is 12.1. The second-order valence-corrected chi connectivity index (χ2v) is 6.90. The van der Waals surface area contributed by atoms with Crippen LogP contribution in [-0.4, -0.2) is 28.6 Å². The Hall–Kier alpha value is -2.17. The molecule has 0 aliphatic heterocycles. The van der Waals surface area contributed by atoms with Crippen LogP contribution in [0, 0.1) is 13.8 Å². The lowest BCUT2D eigenvalue weighted by Crippen LogP contribution is -2.22. The van der Waals surface area contributed by atoms with E-state index in [9.17, 15) is 4.79 Å². The van der Waals surface area contributed by atoms with Gasteiger partial charge >= 0.3 is 5.97 Å². The molecule has 134 valence electrons. The summed E-state index contributed by atoms with van der Waals surface area (Å²) in [5.41, 5.74) is 4.15. The van der Waals surface area contributed by atoms with Crippen LogP contribution in [0.15, 0.2) is 12.1 Å². The summed E-state index contributed by atoms with van der Waals surface area (Å²) in [5, 5.41) is 3.48. The van der Waals surface area contributed by atoms with E-state index < -0.39 is 5.97 Å². The van der Waals surface area contributed by atoms with E-state index in [1.54, 1.807) is 6.92 Å². The zero-order valence-electron chi connectivity index (χ0n) is 15.4. The minimum absolute atomic E-state index is 0.293. The van der Waals surface area contributed by atoms with Crippen LogP contribution < -0.4 is 5.32 Å². The molecule has 1 heterocycles. The molecule has 3 rings (SSSR count). The van der Waals surface area contributed by atoms with E-state index >= 15 is 0 Å². The van der Waals surface area contributed by atoms with Gasteiger partial charge in [0.1, 0.15) is 0 Å². The van der Waals surface area contributed by atoms with Crippen molar-refractivity contribution in [3.05, 3.63) is 29.0 Å². The molecule has 1 aromatic heterocycles. The molecule has 0 saturated heterocycles. The summed E-state index contributed by atoms with van der Waals surface area (Å²) in [4.78, 5) is 21.7. The highest BCUT2D eigenvalue weighted by atomic mass is 16.5. The van der Waals surface area contributed by atoms with Crippen LogP contribution in [-0.2, 0) is 4.74 Å². The number of carbonyl (C=O) groups is 1. The molecule has 1 aromatic carbocycles. The number of fused-ring (bicyclic) bond motifs is 1. The number of rotatable bonds is 4. The second-order valence-electron chi connectivity index (χ2n) is 6.90. The summed E-state index contributed by atoms with van der Waals surface area (Å²) in [7, 11) is 0. The number of ether oxygens (including phenoxy) is 1. The van der Waals surface area contributed by atoms with Crippen molar-refractivity contribution < 1.29 is 9.53 Å². The van der Waals surface area contributed by atoms with Gasteiger partial charge in [-0.2, -0.15) is 0 Å². The van der Waals surface area contributed by atoms with E-state index in [4.69, 9.17) is 9.72 Å². The molecule has 1 aliphatic carbocycles. The third-order valence-electron chi connectivity index (χ3n) is 4.94. The molecule has 0 radical (unpaired) electrons. The molecule has 5 nitrogen and oxygen atoms in total. The minimum atomic E-state index is -0.411. The van der Waals surface area contributed by atoms with Gasteiger partial charge in [-0.15, -0.1) is 0 Å². The van der Waals surface area contributed by atoms with Gasteiger partial charge < -0.3 is 10.1 Å². The first kappa shape index (κ1) is 17.6. The van der Waals surface area contributed by atoms with E-state index in [0.717, 1.165) is 29.4 Å². The molecule has 25 heavy (non-hydrogen) atoms. The Morgan fingerprint density at radius 1 is 1.08 bits per heavy atom. The van der Waals surface area contributed by atoms with Gasteiger partial charge in [-0.25, -0.2) is 14.8 Å². The number of nitrogens with zero attached hydrogens (tertiary/aromatic N) is 2. The smallest absolute Gasteiger partial charge is 0.360 e. The molecular weight excluding hydrogens is 314 g/mol. The number of nitrogens with one attached hydrogen (secondary N) is 1. The van der Waals surface area contributed by atoms with Crippen molar-refractivity contribution in [1.29, 1.82) is 0 Å². The van der Waals surface area contributed by atoms with Gasteiger partial charge in [-0.05, 0) is 56.9 Å². The Balaban J connectivity index is 2.01. The van der Waals surface area contributed by atoms with Crippen LogP contribution in [0.25, 0.3) is 11.0 Å². The van der Waals surface area contributed by atoms with Gasteiger partial charge in [0, 0.05) is 6.04 Å². The van der Waals surface area contributed by atoms with Crippen molar-refractivity contribution in [2.24, 2.45) is 0 Å². The lowest BCUT2D eigenvalue weighted by Gasteiger charge is -2.19. The first-order valence-corrected chi connectivity index (χ1v) is 9.31. The van der Waals surface area contributed by atoms with Gasteiger partial charge in [-0.3, -0.25) is 0 Å². The monoisotopic (exact) mass is 341 g/mol. The third kappa shape index (κ3) is 4.09. The first-order valence-electron chi connectivity index (χ1n) is 9.31. The Morgan fingerprint density at radius 2 is 1.68 bits per heavy atom. The Morgan fingerprint density at radius 3 is 2.28 bits per heavy atom. The molecule has 0 spiro atoms. The lowest BCUT2D eigenvalue weighted by molar-refractivity contribution is 0.0520. The number of anilines is 1. The quantitative estimate of drug-likeness (QED) is 0.652. The zero-order chi connectivity index (χ0) is 17.8. The fourth-order valence-corrected chi connectivity index (χ4v) is 3.37. The molecular formula is C20H27N3O2. The predicted octanol–water partition coefficient (Wildman–Crippen LogP) is 4.56. The molecule has 0 amide bonds. The summed E-state index contributed by atoms with van der Waals surface area (Å²) < 4.78 is 5.20. The van der Waals surface area contributed by atoms with Crippen LogP contribution in [0.1, 0.15) is 67.1 Å². The summed E-state index contributed by atoms with van der Waals surface area (Å²) >= 11 is 0. The average Bonchev–Trinajstić information content (AvgIpc) is 2.85. The summed E-state index contributed by atoms with van der Waals surface area (Å²) in [6.07, 6.45) is 7.21. The topological polar surface area (TPSA) is 64.1 Å². The number of benzene rings is 1. The summed E-state index contributed by atoms with van der Waals surface area (Å²) in [6, 6.07) is 4.36. The Kier molecular flexibility index (Phi) is 5.51. The molecule has 1 saturated carbocycles. The van der Waals surface area contributed by atoms with Crippen molar-refractivity contribution in [3.8, 4) is 0 Å².